The first-order valence-corrected chi connectivity index (χ1v) is 5.29. The molecule has 0 unspecified atom stereocenters. The number of aromatic nitrogens is 1. The van der Waals surface area contributed by atoms with Crippen LogP contribution in [0.2, 0.25) is 0 Å². The van der Waals surface area contributed by atoms with Crippen molar-refractivity contribution < 1.29 is 4.79 Å². The molecule has 0 aromatic carbocycles. The number of nitriles is 1. The van der Waals surface area contributed by atoms with Gasteiger partial charge in [0, 0.05) is 11.3 Å². The van der Waals surface area contributed by atoms with E-state index in [9.17, 15) is 4.79 Å². The Hall–Kier alpha value is -1.34. The molecule has 72 valence electrons. The van der Waals surface area contributed by atoms with Gasteiger partial charge in [0.2, 0.25) is 0 Å². The van der Waals surface area contributed by atoms with Crippen LogP contribution < -0.4 is 0 Å². The van der Waals surface area contributed by atoms with Gasteiger partial charge in [0.1, 0.15) is 11.1 Å². The molecule has 14 heavy (non-hydrogen) atoms. The highest BCUT2D eigenvalue weighted by Gasteiger charge is 2.10. The third-order valence-corrected chi connectivity index (χ3v) is 2.57. The van der Waals surface area contributed by atoms with Crippen molar-refractivity contribution in [3.8, 4) is 6.07 Å². The highest BCUT2D eigenvalue weighted by Crippen LogP contribution is 2.20. The summed E-state index contributed by atoms with van der Waals surface area (Å²) in [5.74, 6) is -0.0563. The number of rotatable bonds is 2. The molecule has 0 N–H and O–H groups in total. The predicted molar refractivity (Wildman–Crippen MR) is 55.5 cm³/mol. The zero-order valence-corrected chi connectivity index (χ0v) is 9.10. The first-order chi connectivity index (χ1) is 6.60. The Morgan fingerprint density at radius 2 is 2.29 bits per heavy atom. The molecule has 1 aromatic heterocycles. The Balaban J connectivity index is 3.40. The second-order valence-electron chi connectivity index (χ2n) is 2.85. The van der Waals surface area contributed by atoms with Gasteiger partial charge in [0.15, 0.2) is 5.78 Å². The van der Waals surface area contributed by atoms with E-state index in [1.165, 1.54) is 18.7 Å². The van der Waals surface area contributed by atoms with E-state index in [2.05, 4.69) is 4.98 Å². The Labute approximate surface area is 87.2 Å². The molecule has 0 saturated heterocycles. The van der Waals surface area contributed by atoms with Crippen molar-refractivity contribution in [3.05, 3.63) is 22.9 Å². The van der Waals surface area contributed by atoms with Crippen LogP contribution >= 0.6 is 11.8 Å². The third-order valence-electron chi connectivity index (χ3n) is 1.87. The van der Waals surface area contributed by atoms with Gasteiger partial charge < -0.3 is 0 Å². The van der Waals surface area contributed by atoms with Gasteiger partial charge in [-0.25, -0.2) is 4.98 Å². The molecule has 0 radical (unpaired) electrons. The fraction of sp³-hybridized carbons (Fsp3) is 0.300. The molecule has 0 fully saturated rings. The molecule has 4 heteroatoms. The number of hydrogen-bond acceptors (Lipinski definition) is 4. The van der Waals surface area contributed by atoms with Gasteiger partial charge in [0.25, 0.3) is 0 Å². The smallest absolute Gasteiger partial charge is 0.161 e. The molecule has 0 aliphatic carbocycles. The summed E-state index contributed by atoms with van der Waals surface area (Å²) in [5, 5.41) is 9.51. The third kappa shape index (κ3) is 1.94. The highest BCUT2D eigenvalue weighted by atomic mass is 32.2. The predicted octanol–water partition coefficient (Wildman–Crippen LogP) is 2.19. The molecule has 0 bridgehead atoms. The van der Waals surface area contributed by atoms with Crippen molar-refractivity contribution in [1.29, 1.82) is 5.26 Å². The number of Topliss-reactive ketones (excluding diaryl/α,β-unsaturated/α-hetero) is 1. The molecule has 1 aromatic rings. The van der Waals surface area contributed by atoms with E-state index in [1.807, 2.05) is 12.3 Å². The van der Waals surface area contributed by atoms with E-state index < -0.39 is 0 Å². The monoisotopic (exact) mass is 206 g/mol. The largest absolute Gasteiger partial charge is 0.294 e. The van der Waals surface area contributed by atoms with E-state index in [4.69, 9.17) is 5.26 Å². The normalized spacial score (nSPS) is 9.57. The topological polar surface area (TPSA) is 53.8 Å². The lowest BCUT2D eigenvalue weighted by molar-refractivity contribution is 0.101. The molecule has 3 nitrogen and oxygen atoms in total. The summed E-state index contributed by atoms with van der Waals surface area (Å²) in [6.45, 7) is 3.25. The van der Waals surface area contributed by atoms with Crippen LogP contribution in [0.4, 0.5) is 0 Å². The minimum absolute atomic E-state index is 0.0563. The number of pyridine rings is 1. The number of aryl methyl sites for hydroxylation is 1. The summed E-state index contributed by atoms with van der Waals surface area (Å²) in [5.41, 5.74) is 1.67. The van der Waals surface area contributed by atoms with Gasteiger partial charge in [-0.3, -0.25) is 4.79 Å². The summed E-state index contributed by atoms with van der Waals surface area (Å²) in [6.07, 6.45) is 1.86. The number of thioether (sulfide) groups is 1. The molecule has 1 heterocycles. The van der Waals surface area contributed by atoms with Crippen LogP contribution in [0, 0.1) is 18.3 Å². The summed E-state index contributed by atoms with van der Waals surface area (Å²) in [7, 11) is 0. The van der Waals surface area contributed by atoms with Crippen LogP contribution in [-0.2, 0) is 0 Å². The lowest BCUT2D eigenvalue weighted by Gasteiger charge is -2.05. The zero-order chi connectivity index (χ0) is 10.7. The van der Waals surface area contributed by atoms with Gasteiger partial charge >= 0.3 is 0 Å². The maximum Gasteiger partial charge on any atom is 0.161 e. The molecule has 0 saturated carbocycles. The fourth-order valence-corrected chi connectivity index (χ4v) is 1.73. The summed E-state index contributed by atoms with van der Waals surface area (Å²) >= 11 is 1.41. The van der Waals surface area contributed by atoms with Gasteiger partial charge in [-0.1, -0.05) is 0 Å². The minimum Gasteiger partial charge on any atom is -0.294 e. The van der Waals surface area contributed by atoms with Gasteiger partial charge in [-0.15, -0.1) is 11.8 Å². The van der Waals surface area contributed by atoms with Crippen LogP contribution in [0.1, 0.15) is 28.5 Å². The minimum atomic E-state index is -0.0563. The Morgan fingerprint density at radius 3 is 2.71 bits per heavy atom. The second-order valence-corrected chi connectivity index (χ2v) is 3.64. The fourth-order valence-electron chi connectivity index (χ4n) is 1.18. The van der Waals surface area contributed by atoms with Crippen LogP contribution in [-0.4, -0.2) is 17.0 Å². The zero-order valence-electron chi connectivity index (χ0n) is 8.29. The first kappa shape index (κ1) is 10.7. The average molecular weight is 206 g/mol. The summed E-state index contributed by atoms with van der Waals surface area (Å²) in [6, 6.07) is 3.64. The molecule has 0 aliphatic rings. The van der Waals surface area contributed by atoms with E-state index in [0.29, 0.717) is 21.8 Å². The number of hydrogen-bond donors (Lipinski definition) is 0. The van der Waals surface area contributed by atoms with Gasteiger partial charge in [-0.05, 0) is 26.2 Å². The Kier molecular flexibility index (Phi) is 3.26. The molecule has 0 aliphatic heterocycles. The van der Waals surface area contributed by atoms with E-state index in [1.54, 1.807) is 13.0 Å². The average Bonchev–Trinajstić information content (AvgIpc) is 2.16. The molecular weight excluding hydrogens is 196 g/mol. The SMILES string of the molecule is CSc1nc(C)c(C(C)=O)cc1C#N. The molecular formula is C10H10N2OS. The molecule has 0 atom stereocenters. The first-order valence-electron chi connectivity index (χ1n) is 4.06. The number of carbonyl (C=O) groups excluding carboxylic acids is 1. The van der Waals surface area contributed by atoms with E-state index >= 15 is 0 Å². The van der Waals surface area contributed by atoms with Gasteiger partial charge in [-0.2, -0.15) is 5.26 Å². The van der Waals surface area contributed by atoms with Crippen molar-refractivity contribution in [3.63, 3.8) is 0 Å². The van der Waals surface area contributed by atoms with Crippen LogP contribution in [0.15, 0.2) is 11.1 Å². The van der Waals surface area contributed by atoms with E-state index in [-0.39, 0.29) is 5.78 Å². The van der Waals surface area contributed by atoms with Crippen molar-refractivity contribution in [2.45, 2.75) is 18.9 Å². The van der Waals surface area contributed by atoms with Crippen LogP contribution in [0.3, 0.4) is 0 Å². The Bertz CT molecular complexity index is 421. The second kappa shape index (κ2) is 4.25. The standard InChI is InChI=1S/C10H10N2OS/c1-6-9(7(2)13)4-8(5-11)10(12-6)14-3/h4H,1-3H3. The maximum atomic E-state index is 11.2. The summed E-state index contributed by atoms with van der Waals surface area (Å²) < 4.78 is 0. The van der Waals surface area contributed by atoms with Crippen molar-refractivity contribution >= 4 is 17.5 Å². The number of ketones is 1. The van der Waals surface area contributed by atoms with Crippen molar-refractivity contribution in [2.24, 2.45) is 0 Å². The summed E-state index contributed by atoms with van der Waals surface area (Å²) in [4.78, 5) is 15.4. The number of nitrogens with zero attached hydrogens (tertiary/aromatic N) is 2. The van der Waals surface area contributed by atoms with Gasteiger partial charge in [0.05, 0.1) is 5.56 Å². The number of carbonyl (C=O) groups is 1. The molecule has 0 spiro atoms. The quantitative estimate of drug-likeness (QED) is 0.549. The maximum absolute atomic E-state index is 11.2. The molecule has 1 rings (SSSR count). The van der Waals surface area contributed by atoms with Crippen LogP contribution in [0.5, 0.6) is 0 Å². The van der Waals surface area contributed by atoms with Crippen molar-refractivity contribution in [2.75, 3.05) is 6.26 Å². The highest BCUT2D eigenvalue weighted by molar-refractivity contribution is 7.98. The van der Waals surface area contributed by atoms with E-state index in [0.717, 1.165) is 0 Å². The Morgan fingerprint density at radius 1 is 1.64 bits per heavy atom. The molecule has 0 amide bonds. The van der Waals surface area contributed by atoms with Crippen molar-refractivity contribution in [1.82, 2.24) is 4.98 Å². The lowest BCUT2D eigenvalue weighted by Crippen LogP contribution is -2.01. The lowest BCUT2D eigenvalue weighted by atomic mass is 10.1. The van der Waals surface area contributed by atoms with Crippen LogP contribution in [0.25, 0.3) is 0 Å².